The van der Waals surface area contributed by atoms with Gasteiger partial charge in [-0.2, -0.15) is 0 Å². The summed E-state index contributed by atoms with van der Waals surface area (Å²) < 4.78 is 5.41. The van der Waals surface area contributed by atoms with E-state index in [2.05, 4.69) is 39.1 Å². The lowest BCUT2D eigenvalue weighted by Crippen LogP contribution is -1.96. The van der Waals surface area contributed by atoms with Crippen molar-refractivity contribution >= 4 is 11.3 Å². The summed E-state index contributed by atoms with van der Waals surface area (Å²) in [4.78, 5) is 4.69. The Hall–Kier alpha value is -1.35. The highest BCUT2D eigenvalue weighted by Crippen LogP contribution is 2.34. The normalized spacial score (nSPS) is 10.7. The molecule has 0 aliphatic rings. The van der Waals surface area contributed by atoms with Crippen LogP contribution in [-0.2, 0) is 6.42 Å². The predicted molar refractivity (Wildman–Crippen MR) is 77.7 cm³/mol. The van der Waals surface area contributed by atoms with E-state index >= 15 is 0 Å². The van der Waals surface area contributed by atoms with Crippen LogP contribution in [-0.4, -0.2) is 12.1 Å². The van der Waals surface area contributed by atoms with E-state index in [1.54, 1.807) is 18.4 Å². The van der Waals surface area contributed by atoms with Crippen LogP contribution in [0.5, 0.6) is 5.75 Å². The van der Waals surface area contributed by atoms with Gasteiger partial charge in [0.05, 0.1) is 17.8 Å². The average molecular weight is 261 g/mol. The number of benzene rings is 1. The fourth-order valence-corrected chi connectivity index (χ4v) is 2.98. The van der Waals surface area contributed by atoms with E-state index < -0.39 is 0 Å². The van der Waals surface area contributed by atoms with Crippen molar-refractivity contribution < 1.29 is 4.74 Å². The maximum Gasteiger partial charge on any atom is 0.122 e. The molecule has 0 amide bonds. The van der Waals surface area contributed by atoms with E-state index in [-0.39, 0.29) is 0 Å². The molecule has 2 aromatic rings. The monoisotopic (exact) mass is 261 g/mol. The van der Waals surface area contributed by atoms with E-state index in [1.807, 2.05) is 0 Å². The molecule has 0 radical (unpaired) electrons. The van der Waals surface area contributed by atoms with Crippen molar-refractivity contribution in [1.82, 2.24) is 4.98 Å². The molecule has 18 heavy (non-hydrogen) atoms. The topological polar surface area (TPSA) is 22.1 Å². The second kappa shape index (κ2) is 5.11. The Kier molecular flexibility index (Phi) is 3.71. The van der Waals surface area contributed by atoms with Gasteiger partial charge in [-0.25, -0.2) is 4.98 Å². The zero-order valence-electron chi connectivity index (χ0n) is 11.6. The van der Waals surface area contributed by atoms with Gasteiger partial charge in [0.15, 0.2) is 0 Å². The summed E-state index contributed by atoms with van der Waals surface area (Å²) >= 11 is 1.74. The minimum atomic E-state index is 0.958. The molecule has 0 aliphatic heterocycles. The Bertz CT molecular complexity index is 572. The van der Waals surface area contributed by atoms with Crippen molar-refractivity contribution in [3.63, 3.8) is 0 Å². The van der Waals surface area contributed by atoms with Crippen LogP contribution >= 0.6 is 11.3 Å². The number of nitrogens with zero attached hydrogens (tertiary/aromatic N) is 1. The number of hydrogen-bond donors (Lipinski definition) is 0. The molecule has 96 valence electrons. The van der Waals surface area contributed by atoms with Crippen molar-refractivity contribution in [1.29, 1.82) is 0 Å². The van der Waals surface area contributed by atoms with E-state index in [9.17, 15) is 0 Å². The van der Waals surface area contributed by atoms with Crippen LogP contribution in [0.1, 0.15) is 28.6 Å². The predicted octanol–water partition coefficient (Wildman–Crippen LogP) is 4.31. The van der Waals surface area contributed by atoms with Crippen LogP contribution in [0.2, 0.25) is 0 Å². The maximum atomic E-state index is 5.41. The fraction of sp³-hybridized carbons (Fsp3) is 0.400. The maximum absolute atomic E-state index is 5.41. The first-order valence-corrected chi connectivity index (χ1v) is 7.06. The second-order valence-electron chi connectivity index (χ2n) is 4.50. The summed E-state index contributed by atoms with van der Waals surface area (Å²) in [6.07, 6.45) is 0.998. The van der Waals surface area contributed by atoms with Gasteiger partial charge in [-0.1, -0.05) is 6.92 Å². The Morgan fingerprint density at radius 1 is 1.22 bits per heavy atom. The molecule has 0 N–H and O–H groups in total. The van der Waals surface area contributed by atoms with Crippen molar-refractivity contribution in [3.8, 4) is 17.0 Å². The number of aromatic nitrogens is 1. The highest BCUT2D eigenvalue weighted by molar-refractivity contribution is 7.09. The summed E-state index contributed by atoms with van der Waals surface area (Å²) in [6.45, 7) is 8.51. The number of hydrogen-bond acceptors (Lipinski definition) is 3. The molecule has 2 rings (SSSR count). The van der Waals surface area contributed by atoms with Crippen molar-refractivity contribution in [2.75, 3.05) is 7.11 Å². The highest BCUT2D eigenvalue weighted by atomic mass is 32.1. The first-order valence-electron chi connectivity index (χ1n) is 6.18. The molecule has 2 nitrogen and oxygen atoms in total. The third kappa shape index (κ3) is 2.15. The van der Waals surface area contributed by atoms with Gasteiger partial charge in [-0.3, -0.25) is 0 Å². The summed E-state index contributed by atoms with van der Waals surface area (Å²) in [7, 11) is 1.72. The molecule has 1 heterocycles. The standard InChI is InChI=1S/C15H19NOS/c1-6-14-16-12(8-18-14)15-9(2)7-13(17-5)10(3)11(15)4/h7-8H,6H2,1-5H3. The largest absolute Gasteiger partial charge is 0.496 e. The number of methoxy groups -OCH3 is 1. The van der Waals surface area contributed by atoms with Crippen LogP contribution in [0.3, 0.4) is 0 Å². The lowest BCUT2D eigenvalue weighted by molar-refractivity contribution is 0.411. The van der Waals surface area contributed by atoms with E-state index in [4.69, 9.17) is 9.72 Å². The van der Waals surface area contributed by atoms with E-state index in [0.717, 1.165) is 17.9 Å². The SMILES string of the molecule is CCc1nc(-c2c(C)cc(OC)c(C)c2C)cs1. The average Bonchev–Trinajstić information content (AvgIpc) is 2.82. The van der Waals surface area contributed by atoms with Crippen LogP contribution in [0, 0.1) is 20.8 Å². The van der Waals surface area contributed by atoms with Crippen LogP contribution < -0.4 is 4.74 Å². The van der Waals surface area contributed by atoms with Gasteiger partial charge in [0, 0.05) is 10.9 Å². The molecule has 0 saturated carbocycles. The molecule has 0 atom stereocenters. The summed E-state index contributed by atoms with van der Waals surface area (Å²) in [6, 6.07) is 2.10. The summed E-state index contributed by atoms with van der Waals surface area (Å²) in [5, 5.41) is 3.34. The van der Waals surface area contributed by atoms with Crippen molar-refractivity contribution in [2.24, 2.45) is 0 Å². The number of rotatable bonds is 3. The highest BCUT2D eigenvalue weighted by Gasteiger charge is 2.14. The van der Waals surface area contributed by atoms with Gasteiger partial charge in [0.2, 0.25) is 0 Å². The third-order valence-corrected chi connectivity index (χ3v) is 4.37. The zero-order chi connectivity index (χ0) is 13.3. The molecule has 3 heteroatoms. The molecule has 1 aromatic heterocycles. The minimum Gasteiger partial charge on any atom is -0.496 e. The Labute approximate surface area is 113 Å². The number of ether oxygens (including phenoxy) is 1. The molecule has 0 unspecified atom stereocenters. The quantitative estimate of drug-likeness (QED) is 0.821. The first-order chi connectivity index (χ1) is 8.58. The van der Waals surface area contributed by atoms with E-state index in [0.29, 0.717) is 0 Å². The molecule has 0 fully saturated rings. The molecule has 0 spiro atoms. The number of thiazole rings is 1. The van der Waals surface area contributed by atoms with Crippen LogP contribution in [0.15, 0.2) is 11.4 Å². The first kappa shape index (κ1) is 13.1. The lowest BCUT2D eigenvalue weighted by Gasteiger charge is -2.14. The molecule has 0 aliphatic carbocycles. The van der Waals surface area contributed by atoms with Gasteiger partial charge >= 0.3 is 0 Å². The second-order valence-corrected chi connectivity index (χ2v) is 5.44. The van der Waals surface area contributed by atoms with Crippen LogP contribution in [0.25, 0.3) is 11.3 Å². The van der Waals surface area contributed by atoms with Gasteiger partial charge in [0.1, 0.15) is 5.75 Å². The molecule has 0 bridgehead atoms. The molecular weight excluding hydrogens is 242 g/mol. The zero-order valence-corrected chi connectivity index (χ0v) is 12.4. The van der Waals surface area contributed by atoms with Gasteiger partial charge in [-0.15, -0.1) is 11.3 Å². The Morgan fingerprint density at radius 2 is 1.94 bits per heavy atom. The Morgan fingerprint density at radius 3 is 2.50 bits per heavy atom. The molecule has 0 saturated heterocycles. The van der Waals surface area contributed by atoms with Crippen molar-refractivity contribution in [3.05, 3.63) is 33.1 Å². The lowest BCUT2D eigenvalue weighted by atomic mass is 9.95. The summed E-state index contributed by atoms with van der Waals surface area (Å²) in [5.41, 5.74) is 6.04. The van der Waals surface area contributed by atoms with Crippen LogP contribution in [0.4, 0.5) is 0 Å². The molecular formula is C15H19NOS. The van der Waals surface area contributed by atoms with Crippen molar-refractivity contribution in [2.45, 2.75) is 34.1 Å². The number of aryl methyl sites for hydroxylation is 2. The van der Waals surface area contributed by atoms with Gasteiger partial charge < -0.3 is 4.74 Å². The summed E-state index contributed by atoms with van der Waals surface area (Å²) in [5.74, 6) is 0.958. The molecule has 1 aromatic carbocycles. The minimum absolute atomic E-state index is 0.958. The van der Waals surface area contributed by atoms with Gasteiger partial charge in [0.25, 0.3) is 0 Å². The van der Waals surface area contributed by atoms with E-state index in [1.165, 1.54) is 27.3 Å². The Balaban J connectivity index is 2.60. The smallest absolute Gasteiger partial charge is 0.122 e. The third-order valence-electron chi connectivity index (χ3n) is 3.38. The fourth-order valence-electron chi connectivity index (χ4n) is 2.24. The van der Waals surface area contributed by atoms with Gasteiger partial charge in [-0.05, 0) is 49.9 Å².